The quantitative estimate of drug-likeness (QED) is 0.877. The lowest BCUT2D eigenvalue weighted by atomic mass is 9.81. The van der Waals surface area contributed by atoms with Gasteiger partial charge < -0.3 is 15.3 Å². The lowest BCUT2D eigenvalue weighted by Crippen LogP contribution is -2.35. The number of aromatic nitrogens is 2. The Morgan fingerprint density at radius 1 is 1.15 bits per heavy atom. The number of para-hydroxylation sites is 1. The van der Waals surface area contributed by atoms with Crippen molar-refractivity contribution in [3.05, 3.63) is 48.2 Å². The highest BCUT2D eigenvalue weighted by Crippen LogP contribution is 2.49. The van der Waals surface area contributed by atoms with Crippen LogP contribution >= 0.6 is 0 Å². The van der Waals surface area contributed by atoms with E-state index in [0.29, 0.717) is 31.0 Å². The minimum Gasteiger partial charge on any atom is -0.481 e. The first kappa shape index (κ1) is 16.5. The maximum absolute atomic E-state index is 12.2. The number of fused-ring (bicyclic) bond motifs is 1. The predicted molar refractivity (Wildman–Crippen MR) is 96.1 cm³/mol. The van der Waals surface area contributed by atoms with E-state index in [-0.39, 0.29) is 17.5 Å². The van der Waals surface area contributed by atoms with Crippen molar-refractivity contribution in [1.82, 2.24) is 10.2 Å². The molecule has 134 valence electrons. The molecule has 2 aromatic rings. The van der Waals surface area contributed by atoms with Gasteiger partial charge in [0.15, 0.2) is 11.5 Å². The highest BCUT2D eigenvalue weighted by atomic mass is 16.4. The molecule has 1 aliphatic heterocycles. The molecule has 2 aliphatic rings. The highest BCUT2D eigenvalue weighted by molar-refractivity contribution is 6.02. The van der Waals surface area contributed by atoms with Gasteiger partial charge in [0.1, 0.15) is 0 Å². The molecule has 0 unspecified atom stereocenters. The van der Waals surface area contributed by atoms with Gasteiger partial charge in [-0.3, -0.25) is 9.59 Å². The van der Waals surface area contributed by atoms with E-state index in [1.165, 1.54) is 0 Å². The number of nitrogens with one attached hydrogen (secondary N) is 1. The molecule has 2 atom stereocenters. The van der Waals surface area contributed by atoms with Crippen molar-refractivity contribution in [3.63, 3.8) is 0 Å². The maximum atomic E-state index is 12.2. The van der Waals surface area contributed by atoms with Gasteiger partial charge in [-0.25, -0.2) is 0 Å². The first-order chi connectivity index (χ1) is 12.6. The van der Waals surface area contributed by atoms with E-state index in [1.54, 1.807) is 24.3 Å². The zero-order chi connectivity index (χ0) is 18.1. The number of aliphatic carboxylic acids is 1. The van der Waals surface area contributed by atoms with E-state index in [1.807, 2.05) is 23.1 Å². The first-order valence-electron chi connectivity index (χ1n) is 8.77. The zero-order valence-corrected chi connectivity index (χ0v) is 14.3. The Labute approximate surface area is 151 Å². The van der Waals surface area contributed by atoms with Crippen LogP contribution in [0.4, 0.5) is 11.5 Å². The van der Waals surface area contributed by atoms with E-state index in [4.69, 9.17) is 0 Å². The Balaban J connectivity index is 1.47. The van der Waals surface area contributed by atoms with Gasteiger partial charge in [0.25, 0.3) is 5.91 Å². The average Bonchev–Trinajstić information content (AvgIpc) is 3.21. The maximum Gasteiger partial charge on any atom is 0.311 e. The lowest BCUT2D eigenvalue weighted by Gasteiger charge is -2.23. The molecule has 0 bridgehead atoms. The molecule has 1 aromatic heterocycles. The molecule has 7 heteroatoms. The van der Waals surface area contributed by atoms with E-state index < -0.39 is 11.4 Å². The molecule has 1 amide bonds. The Bertz CT molecular complexity index is 824. The molecule has 2 fully saturated rings. The smallest absolute Gasteiger partial charge is 0.311 e. The van der Waals surface area contributed by atoms with Crippen molar-refractivity contribution in [1.29, 1.82) is 0 Å². The number of anilines is 2. The number of hydrogen-bond acceptors (Lipinski definition) is 5. The van der Waals surface area contributed by atoms with Crippen LogP contribution in [-0.2, 0) is 4.79 Å². The van der Waals surface area contributed by atoms with E-state index >= 15 is 0 Å². The summed E-state index contributed by atoms with van der Waals surface area (Å²) < 4.78 is 0. The summed E-state index contributed by atoms with van der Waals surface area (Å²) in [6.45, 7) is 1.13. The summed E-state index contributed by atoms with van der Waals surface area (Å²) in [5.74, 6) is -0.260. The minimum absolute atomic E-state index is 0.155. The SMILES string of the molecule is O=C(Nc1ccccc1)c1ccc(N2C[C@@H]3CCC[C@@]3(C(=O)O)C2)nn1. The van der Waals surface area contributed by atoms with Gasteiger partial charge in [0, 0.05) is 18.8 Å². The van der Waals surface area contributed by atoms with Gasteiger partial charge in [-0.2, -0.15) is 0 Å². The fourth-order valence-electron chi connectivity index (χ4n) is 4.14. The molecular formula is C19H20N4O3. The van der Waals surface area contributed by atoms with Crippen molar-refractivity contribution in [3.8, 4) is 0 Å². The number of hydrogen-bond donors (Lipinski definition) is 2. The molecule has 26 heavy (non-hydrogen) atoms. The number of carboxylic acids is 1. The monoisotopic (exact) mass is 352 g/mol. The number of amides is 1. The fourth-order valence-corrected chi connectivity index (χ4v) is 4.14. The molecule has 1 saturated heterocycles. The second-order valence-electron chi connectivity index (χ2n) is 7.03. The number of carbonyl (C=O) groups is 2. The summed E-state index contributed by atoms with van der Waals surface area (Å²) >= 11 is 0. The summed E-state index contributed by atoms with van der Waals surface area (Å²) in [6, 6.07) is 12.5. The molecule has 0 radical (unpaired) electrons. The molecule has 0 spiro atoms. The Hall–Kier alpha value is -2.96. The van der Waals surface area contributed by atoms with Gasteiger partial charge in [-0.05, 0) is 43.0 Å². The molecule has 2 N–H and O–H groups in total. The average molecular weight is 352 g/mol. The van der Waals surface area contributed by atoms with Gasteiger partial charge in [0.2, 0.25) is 0 Å². The van der Waals surface area contributed by atoms with Crippen LogP contribution in [0.5, 0.6) is 0 Å². The van der Waals surface area contributed by atoms with E-state index in [9.17, 15) is 14.7 Å². The number of nitrogens with zero attached hydrogens (tertiary/aromatic N) is 3. The van der Waals surface area contributed by atoms with Crippen LogP contribution in [0.15, 0.2) is 42.5 Å². The Morgan fingerprint density at radius 2 is 1.96 bits per heavy atom. The van der Waals surface area contributed by atoms with Crippen LogP contribution in [-0.4, -0.2) is 40.3 Å². The highest BCUT2D eigenvalue weighted by Gasteiger charge is 2.55. The van der Waals surface area contributed by atoms with Gasteiger partial charge in [0.05, 0.1) is 5.41 Å². The molecular weight excluding hydrogens is 332 g/mol. The predicted octanol–water partition coefficient (Wildman–Crippen LogP) is 2.42. The van der Waals surface area contributed by atoms with Crippen molar-refractivity contribution < 1.29 is 14.7 Å². The van der Waals surface area contributed by atoms with Gasteiger partial charge in [-0.15, -0.1) is 10.2 Å². The fraction of sp³-hybridized carbons (Fsp3) is 0.368. The van der Waals surface area contributed by atoms with Crippen LogP contribution in [0.2, 0.25) is 0 Å². The van der Waals surface area contributed by atoms with Crippen LogP contribution in [0.3, 0.4) is 0 Å². The second kappa shape index (κ2) is 6.40. The van der Waals surface area contributed by atoms with E-state index in [2.05, 4.69) is 15.5 Å². The van der Waals surface area contributed by atoms with Crippen molar-refractivity contribution in [2.45, 2.75) is 19.3 Å². The van der Waals surface area contributed by atoms with Crippen molar-refractivity contribution >= 4 is 23.4 Å². The topological polar surface area (TPSA) is 95.4 Å². The molecule has 4 rings (SSSR count). The van der Waals surface area contributed by atoms with Crippen LogP contribution in [0.1, 0.15) is 29.8 Å². The van der Waals surface area contributed by atoms with Crippen molar-refractivity contribution in [2.24, 2.45) is 11.3 Å². The Kier molecular flexibility index (Phi) is 4.06. The summed E-state index contributed by atoms with van der Waals surface area (Å²) in [5, 5.41) is 20.6. The first-order valence-corrected chi connectivity index (χ1v) is 8.77. The molecule has 7 nitrogen and oxygen atoms in total. The third-order valence-electron chi connectivity index (χ3n) is 5.54. The van der Waals surface area contributed by atoms with Crippen LogP contribution in [0.25, 0.3) is 0 Å². The number of rotatable bonds is 4. The third kappa shape index (κ3) is 2.79. The van der Waals surface area contributed by atoms with Gasteiger partial charge >= 0.3 is 5.97 Å². The molecule has 1 aromatic carbocycles. The molecule has 1 saturated carbocycles. The number of carboxylic acid groups (broad SMARTS) is 1. The lowest BCUT2D eigenvalue weighted by molar-refractivity contribution is -0.149. The summed E-state index contributed by atoms with van der Waals surface area (Å²) in [4.78, 5) is 26.0. The minimum atomic E-state index is -0.714. The summed E-state index contributed by atoms with van der Waals surface area (Å²) in [5.41, 5.74) is 0.259. The second-order valence-corrected chi connectivity index (χ2v) is 7.03. The largest absolute Gasteiger partial charge is 0.481 e. The molecule has 1 aliphatic carbocycles. The summed E-state index contributed by atoms with van der Waals surface area (Å²) in [7, 11) is 0. The molecule has 2 heterocycles. The van der Waals surface area contributed by atoms with Crippen molar-refractivity contribution in [2.75, 3.05) is 23.3 Å². The van der Waals surface area contributed by atoms with Crippen LogP contribution in [0, 0.1) is 11.3 Å². The number of benzene rings is 1. The van der Waals surface area contributed by atoms with Crippen LogP contribution < -0.4 is 10.2 Å². The third-order valence-corrected chi connectivity index (χ3v) is 5.54. The Morgan fingerprint density at radius 3 is 2.62 bits per heavy atom. The normalized spacial score (nSPS) is 24.3. The summed E-state index contributed by atoms with van der Waals surface area (Å²) in [6.07, 6.45) is 2.62. The standard InChI is InChI=1S/C19H20N4O3/c24-17(20-14-6-2-1-3-7-14)15-8-9-16(22-21-15)23-11-13-5-4-10-19(13,12-23)18(25)26/h1-3,6-9,13H,4-5,10-12H2,(H,20,24)(H,25,26)/t13-,19+/m0/s1. The van der Waals surface area contributed by atoms with Gasteiger partial charge in [-0.1, -0.05) is 24.6 Å². The van der Waals surface area contributed by atoms with E-state index in [0.717, 1.165) is 12.8 Å². The zero-order valence-electron chi connectivity index (χ0n) is 14.3. The number of carbonyl (C=O) groups excluding carboxylic acids is 1.